The van der Waals surface area contributed by atoms with Gasteiger partial charge in [0.25, 0.3) is 10.0 Å². The number of hydrogen-bond donors (Lipinski definition) is 0. The van der Waals surface area contributed by atoms with Gasteiger partial charge in [-0.2, -0.15) is 0 Å². The van der Waals surface area contributed by atoms with Crippen molar-refractivity contribution in [2.24, 2.45) is 0 Å². The van der Waals surface area contributed by atoms with Crippen molar-refractivity contribution in [1.29, 1.82) is 0 Å². The molecule has 0 aliphatic heterocycles. The molecule has 0 N–H and O–H groups in total. The summed E-state index contributed by atoms with van der Waals surface area (Å²) >= 11 is 0.852. The van der Waals surface area contributed by atoms with E-state index >= 15 is 0 Å². The predicted molar refractivity (Wildman–Crippen MR) is 96.6 cm³/mol. The number of rotatable bonds is 3. The maximum atomic E-state index is 13.1. The summed E-state index contributed by atoms with van der Waals surface area (Å²) in [5.41, 5.74) is 1.84. The van der Waals surface area contributed by atoms with Crippen molar-refractivity contribution < 1.29 is 17.6 Å². The molecule has 6 nitrogen and oxygen atoms in total. The van der Waals surface area contributed by atoms with Crippen LogP contribution in [0.2, 0.25) is 0 Å². The molecule has 0 aliphatic rings. The van der Waals surface area contributed by atoms with Gasteiger partial charge in [-0.15, -0.1) is 0 Å². The number of aryl methyl sites for hydroxylation is 2. The summed E-state index contributed by atoms with van der Waals surface area (Å²) in [4.78, 5) is 23.1. The molecule has 130 valence electrons. The zero-order valence-corrected chi connectivity index (χ0v) is 15.4. The quantitative estimate of drug-likeness (QED) is 0.700. The molecule has 0 bridgehead atoms. The van der Waals surface area contributed by atoms with E-state index in [1.165, 1.54) is 31.2 Å². The van der Waals surface area contributed by atoms with E-state index in [0.29, 0.717) is 15.8 Å². The Labute approximate surface area is 148 Å². The number of sulfonamides is 1. The minimum absolute atomic E-state index is 0.0724. The number of amides is 1. The molecule has 0 radical (unpaired) electrons. The molecule has 0 unspecified atom stereocenters. The topological polar surface area (TPSA) is 84.7 Å². The third-order valence-corrected chi connectivity index (χ3v) is 6.43. The Hall–Kier alpha value is -2.45. The van der Waals surface area contributed by atoms with Crippen LogP contribution in [0.1, 0.15) is 18.1 Å². The summed E-state index contributed by atoms with van der Waals surface area (Å²) in [5, 5.41) is 0. The van der Waals surface area contributed by atoms with Crippen molar-refractivity contribution in [2.75, 3.05) is 4.31 Å². The zero-order valence-electron chi connectivity index (χ0n) is 13.8. The Morgan fingerprint density at radius 1 is 1.12 bits per heavy atom. The molecule has 25 heavy (non-hydrogen) atoms. The van der Waals surface area contributed by atoms with Crippen molar-refractivity contribution in [3.63, 3.8) is 0 Å². The molecule has 0 atom stereocenters. The van der Waals surface area contributed by atoms with Gasteiger partial charge >= 0.3 is 4.94 Å². The van der Waals surface area contributed by atoms with Crippen molar-refractivity contribution >= 4 is 43.2 Å². The minimum atomic E-state index is -4.09. The van der Waals surface area contributed by atoms with E-state index < -0.39 is 20.9 Å². The molecule has 3 aromatic rings. The molecule has 0 saturated heterocycles. The second kappa shape index (κ2) is 6.12. The number of hydrogen-bond acceptors (Lipinski definition) is 6. The summed E-state index contributed by atoms with van der Waals surface area (Å²) in [6.07, 6.45) is 0. The maximum absolute atomic E-state index is 13.1. The third kappa shape index (κ3) is 3.10. The van der Waals surface area contributed by atoms with Gasteiger partial charge in [0.05, 0.1) is 15.3 Å². The molecule has 0 spiro atoms. The molecule has 0 saturated carbocycles. The SMILES string of the molecule is CC(=O)N(c1ccc2oc(=O)sc2c1)S(=O)(=O)c1cc(C)ccc1C. The lowest BCUT2D eigenvalue weighted by Crippen LogP contribution is -2.35. The second-order valence-corrected chi connectivity index (χ2v) is 8.37. The molecule has 1 amide bonds. The smallest absolute Gasteiger partial charge is 0.396 e. The van der Waals surface area contributed by atoms with Gasteiger partial charge in [0.15, 0.2) is 0 Å². The zero-order chi connectivity index (χ0) is 18.4. The van der Waals surface area contributed by atoms with Gasteiger partial charge in [-0.1, -0.05) is 23.5 Å². The van der Waals surface area contributed by atoms with Gasteiger partial charge in [0.2, 0.25) is 5.91 Å². The van der Waals surface area contributed by atoms with E-state index in [4.69, 9.17) is 4.42 Å². The van der Waals surface area contributed by atoms with E-state index in [1.54, 1.807) is 26.0 Å². The van der Waals surface area contributed by atoms with Gasteiger partial charge < -0.3 is 4.42 Å². The van der Waals surface area contributed by atoms with E-state index in [2.05, 4.69) is 0 Å². The number of anilines is 1. The van der Waals surface area contributed by atoms with Gasteiger partial charge in [0.1, 0.15) is 5.58 Å². The molecule has 2 aromatic carbocycles. The molecule has 8 heteroatoms. The van der Waals surface area contributed by atoms with Crippen LogP contribution in [0.4, 0.5) is 5.69 Å². The standard InChI is InChI=1S/C17H15NO5S2/c1-10-4-5-11(2)16(8-10)25(21,22)18(12(3)19)13-6-7-14-15(9-13)24-17(20)23-14/h4-9H,1-3H3. The van der Waals surface area contributed by atoms with Gasteiger partial charge in [-0.3, -0.25) is 4.79 Å². The van der Waals surface area contributed by atoms with Crippen LogP contribution in [0.15, 0.2) is 50.5 Å². The summed E-state index contributed by atoms with van der Waals surface area (Å²) in [6, 6.07) is 9.44. The highest BCUT2D eigenvalue weighted by Gasteiger charge is 2.30. The number of benzene rings is 2. The lowest BCUT2D eigenvalue weighted by atomic mass is 10.2. The van der Waals surface area contributed by atoms with E-state index in [0.717, 1.165) is 21.2 Å². The minimum Gasteiger partial charge on any atom is -0.414 e. The number of carbonyl (C=O) groups excluding carboxylic acids is 1. The van der Waals surface area contributed by atoms with Crippen molar-refractivity contribution in [2.45, 2.75) is 25.7 Å². The van der Waals surface area contributed by atoms with Crippen molar-refractivity contribution in [3.05, 3.63) is 57.3 Å². The van der Waals surface area contributed by atoms with E-state index in [1.807, 2.05) is 0 Å². The van der Waals surface area contributed by atoms with Crippen molar-refractivity contribution in [3.8, 4) is 0 Å². The molecule has 3 rings (SSSR count). The predicted octanol–water partition coefficient (Wildman–Crippen LogP) is 3.21. The highest BCUT2D eigenvalue weighted by atomic mass is 32.2. The first-order valence-electron chi connectivity index (χ1n) is 7.37. The van der Waals surface area contributed by atoms with Gasteiger partial charge in [-0.05, 0) is 49.2 Å². The fraction of sp³-hybridized carbons (Fsp3) is 0.176. The highest BCUT2D eigenvalue weighted by Crippen LogP contribution is 2.30. The van der Waals surface area contributed by atoms with Gasteiger partial charge in [0, 0.05) is 6.92 Å². The molecule has 1 aromatic heterocycles. The first-order chi connectivity index (χ1) is 11.7. The Kier molecular flexibility index (Phi) is 4.26. The van der Waals surface area contributed by atoms with E-state index in [9.17, 15) is 18.0 Å². The van der Waals surface area contributed by atoms with Crippen LogP contribution in [0.25, 0.3) is 10.3 Å². The Morgan fingerprint density at radius 2 is 1.84 bits per heavy atom. The van der Waals surface area contributed by atoms with Crippen LogP contribution in [0.3, 0.4) is 0 Å². The lowest BCUT2D eigenvalue weighted by molar-refractivity contribution is -0.115. The first kappa shape index (κ1) is 17.4. The second-order valence-electron chi connectivity index (χ2n) is 5.64. The summed E-state index contributed by atoms with van der Waals surface area (Å²) in [6.45, 7) is 4.64. The number of carbonyl (C=O) groups is 1. The number of nitrogens with zero attached hydrogens (tertiary/aromatic N) is 1. The average Bonchev–Trinajstić information content (AvgIpc) is 2.88. The summed E-state index contributed by atoms with van der Waals surface area (Å²) in [5.74, 6) is -0.643. The lowest BCUT2D eigenvalue weighted by Gasteiger charge is -2.22. The first-order valence-corrected chi connectivity index (χ1v) is 9.62. The molecular weight excluding hydrogens is 362 g/mol. The van der Waals surface area contributed by atoms with Crippen LogP contribution < -0.4 is 9.24 Å². The fourth-order valence-electron chi connectivity index (χ4n) is 2.56. The normalized spacial score (nSPS) is 11.6. The summed E-state index contributed by atoms with van der Waals surface area (Å²) < 4.78 is 32.4. The molecule has 0 fully saturated rings. The van der Waals surface area contributed by atoms with Crippen LogP contribution in [-0.2, 0) is 14.8 Å². The molecule has 1 heterocycles. The summed E-state index contributed by atoms with van der Waals surface area (Å²) in [7, 11) is -4.09. The molecular formula is C17H15NO5S2. The van der Waals surface area contributed by atoms with Crippen LogP contribution in [0.5, 0.6) is 0 Å². The number of fused-ring (bicyclic) bond motifs is 1. The van der Waals surface area contributed by atoms with E-state index in [-0.39, 0.29) is 10.6 Å². The van der Waals surface area contributed by atoms with Gasteiger partial charge in [-0.25, -0.2) is 17.5 Å². The average molecular weight is 377 g/mol. The monoisotopic (exact) mass is 377 g/mol. The third-order valence-electron chi connectivity index (χ3n) is 3.70. The fourth-order valence-corrected chi connectivity index (χ4v) is 5.00. The highest BCUT2D eigenvalue weighted by molar-refractivity contribution is 7.93. The van der Waals surface area contributed by atoms with Crippen molar-refractivity contribution in [1.82, 2.24) is 0 Å². The van der Waals surface area contributed by atoms with Crippen LogP contribution in [0, 0.1) is 13.8 Å². The van der Waals surface area contributed by atoms with Crippen LogP contribution >= 0.6 is 11.3 Å². The molecule has 0 aliphatic carbocycles. The largest absolute Gasteiger partial charge is 0.414 e. The Balaban J connectivity index is 2.21. The van der Waals surface area contributed by atoms with Crippen LogP contribution in [-0.4, -0.2) is 14.3 Å². The Bertz CT molecular complexity index is 1140. The Morgan fingerprint density at radius 3 is 2.52 bits per heavy atom. The maximum Gasteiger partial charge on any atom is 0.396 e.